The van der Waals surface area contributed by atoms with Crippen molar-refractivity contribution in [2.24, 2.45) is 0 Å². The second-order valence-electron chi connectivity index (χ2n) is 3.60. The lowest BCUT2D eigenvalue weighted by Gasteiger charge is -2.25. The fraction of sp³-hybridized carbons (Fsp3) is 1.00. The number of nitrogens with one attached hydrogen (secondary N) is 1. The number of hydrogen-bond donors (Lipinski definition) is 1. The van der Waals surface area contributed by atoms with Crippen molar-refractivity contribution >= 4 is 33.2 Å². The maximum atomic E-state index is 11.5. The zero-order valence-corrected chi connectivity index (χ0v) is 10.8. The highest BCUT2D eigenvalue weighted by Gasteiger charge is 2.27. The normalized spacial score (nSPS) is 13.1. The van der Waals surface area contributed by atoms with Crippen LogP contribution in [0.2, 0.25) is 0 Å². The van der Waals surface area contributed by atoms with Crippen molar-refractivity contribution in [2.75, 3.05) is 17.5 Å². The molecule has 0 saturated heterocycles. The highest BCUT2D eigenvalue weighted by molar-refractivity contribution is 7.89. The summed E-state index contributed by atoms with van der Waals surface area (Å²) < 4.78 is 25.5. The van der Waals surface area contributed by atoms with E-state index in [0.717, 1.165) is 6.42 Å². The molecule has 0 radical (unpaired) electrons. The van der Waals surface area contributed by atoms with Gasteiger partial charge >= 0.3 is 0 Å². The summed E-state index contributed by atoms with van der Waals surface area (Å²) >= 11 is 11.3. The molecule has 0 fully saturated rings. The molecule has 0 aliphatic carbocycles. The molecule has 6 heteroatoms. The number of unbranched alkanes of at least 4 members (excludes halogenated alkanes) is 1. The molecule has 0 unspecified atom stereocenters. The number of alkyl halides is 2. The summed E-state index contributed by atoms with van der Waals surface area (Å²) in [5.41, 5.74) is -0.740. The Morgan fingerprint density at radius 2 is 1.79 bits per heavy atom. The van der Waals surface area contributed by atoms with Crippen LogP contribution in [0.5, 0.6) is 0 Å². The van der Waals surface area contributed by atoms with E-state index in [1.807, 2.05) is 6.92 Å². The van der Waals surface area contributed by atoms with E-state index >= 15 is 0 Å². The van der Waals surface area contributed by atoms with Gasteiger partial charge in [0.05, 0.1) is 11.3 Å². The Hall–Kier alpha value is 0.490. The van der Waals surface area contributed by atoms with E-state index in [-0.39, 0.29) is 17.5 Å². The van der Waals surface area contributed by atoms with E-state index in [4.69, 9.17) is 23.2 Å². The molecule has 0 aromatic heterocycles. The monoisotopic (exact) mass is 261 g/mol. The lowest BCUT2D eigenvalue weighted by Crippen LogP contribution is -2.49. The van der Waals surface area contributed by atoms with Crippen LogP contribution in [0.15, 0.2) is 0 Å². The Labute approximate surface area is 96.2 Å². The van der Waals surface area contributed by atoms with E-state index in [9.17, 15) is 8.42 Å². The Balaban J connectivity index is 4.33. The molecule has 0 atom stereocenters. The molecule has 0 bridgehead atoms. The lowest BCUT2D eigenvalue weighted by atomic mass is 10.1. The molecule has 1 N–H and O–H groups in total. The Morgan fingerprint density at radius 1 is 1.29 bits per heavy atom. The van der Waals surface area contributed by atoms with Crippen molar-refractivity contribution < 1.29 is 8.42 Å². The van der Waals surface area contributed by atoms with Gasteiger partial charge in [-0.25, -0.2) is 13.1 Å². The van der Waals surface area contributed by atoms with Crippen molar-refractivity contribution in [1.82, 2.24) is 4.72 Å². The van der Waals surface area contributed by atoms with Gasteiger partial charge in [0.15, 0.2) is 0 Å². The summed E-state index contributed by atoms with van der Waals surface area (Å²) in [5, 5.41) is 0. The van der Waals surface area contributed by atoms with Gasteiger partial charge in [-0.3, -0.25) is 0 Å². The molecular formula is C8H17Cl2NO2S. The molecule has 0 aliphatic heterocycles. The van der Waals surface area contributed by atoms with Gasteiger partial charge in [0.2, 0.25) is 10.0 Å². The van der Waals surface area contributed by atoms with Gasteiger partial charge in [0, 0.05) is 11.8 Å². The first-order valence-corrected chi connectivity index (χ1v) is 7.25. The molecule has 0 aromatic rings. The molecule has 0 heterocycles. The molecule has 0 saturated carbocycles. The van der Waals surface area contributed by atoms with Gasteiger partial charge in [-0.05, 0) is 13.3 Å². The molecular weight excluding hydrogens is 245 g/mol. The van der Waals surface area contributed by atoms with Crippen LogP contribution in [0.25, 0.3) is 0 Å². The van der Waals surface area contributed by atoms with Gasteiger partial charge < -0.3 is 0 Å². The molecule has 86 valence electrons. The molecule has 0 spiro atoms. The molecule has 0 aromatic carbocycles. The number of sulfonamides is 1. The zero-order valence-electron chi connectivity index (χ0n) is 8.52. The molecule has 0 amide bonds. The topological polar surface area (TPSA) is 46.2 Å². The fourth-order valence-electron chi connectivity index (χ4n) is 0.851. The minimum atomic E-state index is -3.24. The second kappa shape index (κ2) is 6.16. The van der Waals surface area contributed by atoms with Crippen LogP contribution in [0.3, 0.4) is 0 Å². The lowest BCUT2D eigenvalue weighted by molar-refractivity contribution is 0.499. The summed E-state index contributed by atoms with van der Waals surface area (Å²) in [6, 6.07) is 0. The van der Waals surface area contributed by atoms with Crippen molar-refractivity contribution in [3.05, 3.63) is 0 Å². The Kier molecular flexibility index (Phi) is 6.37. The van der Waals surface area contributed by atoms with Crippen LogP contribution >= 0.6 is 23.2 Å². The van der Waals surface area contributed by atoms with E-state index in [0.29, 0.717) is 6.42 Å². The minimum Gasteiger partial charge on any atom is -0.212 e. The Morgan fingerprint density at radius 3 is 2.14 bits per heavy atom. The summed E-state index contributed by atoms with van der Waals surface area (Å²) in [5.74, 6) is 0.469. The maximum Gasteiger partial charge on any atom is 0.212 e. The van der Waals surface area contributed by atoms with Crippen LogP contribution in [0.1, 0.15) is 26.7 Å². The third kappa shape index (κ3) is 5.39. The van der Waals surface area contributed by atoms with E-state index in [2.05, 4.69) is 4.72 Å². The van der Waals surface area contributed by atoms with Crippen molar-refractivity contribution in [3.63, 3.8) is 0 Å². The van der Waals surface area contributed by atoms with Gasteiger partial charge in [-0.1, -0.05) is 13.3 Å². The summed E-state index contributed by atoms with van der Waals surface area (Å²) in [4.78, 5) is 0. The van der Waals surface area contributed by atoms with E-state index in [1.165, 1.54) is 0 Å². The van der Waals surface area contributed by atoms with Crippen LogP contribution < -0.4 is 4.72 Å². The first-order chi connectivity index (χ1) is 6.39. The predicted octanol–water partition coefficient (Wildman–Crippen LogP) is 1.94. The zero-order chi connectivity index (χ0) is 11.2. The SMILES string of the molecule is CCCCS(=O)(=O)NC(C)(CCl)CCl. The molecule has 14 heavy (non-hydrogen) atoms. The number of halogens is 2. The van der Waals surface area contributed by atoms with Crippen LogP contribution in [-0.4, -0.2) is 31.5 Å². The largest absolute Gasteiger partial charge is 0.212 e. The number of rotatable bonds is 7. The predicted molar refractivity (Wildman–Crippen MR) is 61.7 cm³/mol. The quantitative estimate of drug-likeness (QED) is 0.713. The summed E-state index contributed by atoms with van der Waals surface area (Å²) in [7, 11) is -3.24. The smallest absolute Gasteiger partial charge is 0.212 e. The molecule has 3 nitrogen and oxygen atoms in total. The molecule has 0 rings (SSSR count). The summed E-state index contributed by atoms with van der Waals surface area (Å²) in [6.07, 6.45) is 1.50. The highest BCUT2D eigenvalue weighted by atomic mass is 35.5. The van der Waals surface area contributed by atoms with Gasteiger partial charge in [-0.2, -0.15) is 0 Å². The fourth-order valence-corrected chi connectivity index (χ4v) is 3.09. The standard InChI is InChI=1S/C8H17Cl2NO2S/c1-3-4-5-14(12,13)11-8(2,6-9)7-10/h11H,3-7H2,1-2H3. The van der Waals surface area contributed by atoms with Crippen molar-refractivity contribution in [3.8, 4) is 0 Å². The average molecular weight is 262 g/mol. The first-order valence-electron chi connectivity index (χ1n) is 4.52. The van der Waals surface area contributed by atoms with Crippen LogP contribution in [0, 0.1) is 0 Å². The van der Waals surface area contributed by atoms with Crippen molar-refractivity contribution in [2.45, 2.75) is 32.2 Å². The van der Waals surface area contributed by atoms with Crippen LogP contribution in [-0.2, 0) is 10.0 Å². The second-order valence-corrected chi connectivity index (χ2v) is 5.98. The maximum absolute atomic E-state index is 11.5. The van der Waals surface area contributed by atoms with Crippen LogP contribution in [0.4, 0.5) is 0 Å². The third-order valence-electron chi connectivity index (χ3n) is 1.76. The van der Waals surface area contributed by atoms with Gasteiger partial charge in [0.25, 0.3) is 0 Å². The summed E-state index contributed by atoms with van der Waals surface area (Å²) in [6.45, 7) is 3.63. The molecule has 0 aliphatic rings. The van der Waals surface area contributed by atoms with Crippen molar-refractivity contribution in [1.29, 1.82) is 0 Å². The van der Waals surface area contributed by atoms with Gasteiger partial charge in [0.1, 0.15) is 0 Å². The third-order valence-corrected chi connectivity index (χ3v) is 4.57. The van der Waals surface area contributed by atoms with E-state index < -0.39 is 15.6 Å². The van der Waals surface area contributed by atoms with E-state index in [1.54, 1.807) is 6.92 Å². The highest BCUT2D eigenvalue weighted by Crippen LogP contribution is 2.11. The first kappa shape index (κ1) is 14.5. The average Bonchev–Trinajstić information content (AvgIpc) is 2.14. The minimum absolute atomic E-state index is 0.132. The Bertz CT molecular complexity index is 250. The van der Waals surface area contributed by atoms with Gasteiger partial charge in [-0.15, -0.1) is 23.2 Å². The number of hydrogen-bond acceptors (Lipinski definition) is 2.